The van der Waals surface area contributed by atoms with Gasteiger partial charge in [0.1, 0.15) is 5.56 Å². The van der Waals surface area contributed by atoms with Crippen molar-refractivity contribution in [3.63, 3.8) is 0 Å². The Hall–Kier alpha value is -2.31. The highest BCUT2D eigenvalue weighted by Gasteiger charge is 2.12. The number of nitrogens with two attached hydrogens (primary N) is 1. The molecule has 0 aliphatic heterocycles. The summed E-state index contributed by atoms with van der Waals surface area (Å²) in [4.78, 5) is 36.7. The average molecular weight is 252 g/mol. The maximum absolute atomic E-state index is 11.9. The number of rotatable bonds is 4. The molecular formula is C11H16N4O3. The van der Waals surface area contributed by atoms with Crippen molar-refractivity contribution in [3.05, 3.63) is 33.7 Å². The predicted molar refractivity (Wildman–Crippen MR) is 65.9 cm³/mol. The van der Waals surface area contributed by atoms with E-state index in [0.29, 0.717) is 12.0 Å². The number of amides is 3. The van der Waals surface area contributed by atoms with Gasteiger partial charge in [-0.1, -0.05) is 13.3 Å². The van der Waals surface area contributed by atoms with Gasteiger partial charge in [0.25, 0.3) is 5.91 Å². The molecule has 0 saturated carbocycles. The highest BCUT2D eigenvalue weighted by Crippen LogP contribution is 2.00. The van der Waals surface area contributed by atoms with Crippen LogP contribution in [0.2, 0.25) is 0 Å². The molecule has 7 heteroatoms. The Morgan fingerprint density at radius 1 is 1.33 bits per heavy atom. The first kappa shape index (κ1) is 13.8. The summed E-state index contributed by atoms with van der Waals surface area (Å²) in [6.45, 7) is 2.02. The number of aromatic nitrogens is 1. The van der Waals surface area contributed by atoms with E-state index in [1.165, 1.54) is 6.20 Å². The van der Waals surface area contributed by atoms with Crippen molar-refractivity contribution in [2.24, 2.45) is 5.73 Å². The van der Waals surface area contributed by atoms with Gasteiger partial charge in [0, 0.05) is 18.0 Å². The fraction of sp³-hybridized carbons (Fsp3) is 0.364. The lowest BCUT2D eigenvalue weighted by Crippen LogP contribution is -2.45. The Balaban J connectivity index is 2.86. The van der Waals surface area contributed by atoms with Crippen LogP contribution < -0.4 is 22.0 Å². The third kappa shape index (κ3) is 3.62. The minimum atomic E-state index is -0.901. The molecule has 98 valence electrons. The molecule has 5 N–H and O–H groups in total. The number of carbonyl (C=O) groups excluding carboxylic acids is 2. The van der Waals surface area contributed by atoms with Crippen molar-refractivity contribution in [2.45, 2.75) is 26.2 Å². The molecule has 0 bridgehead atoms. The van der Waals surface area contributed by atoms with E-state index in [-0.39, 0.29) is 11.0 Å². The lowest BCUT2D eigenvalue weighted by Gasteiger charge is -2.05. The van der Waals surface area contributed by atoms with Crippen molar-refractivity contribution in [1.82, 2.24) is 15.8 Å². The second-order valence-electron chi connectivity index (χ2n) is 3.77. The largest absolute Gasteiger partial charge is 0.366 e. The van der Waals surface area contributed by atoms with E-state index in [2.05, 4.69) is 4.98 Å². The van der Waals surface area contributed by atoms with Crippen LogP contribution in [0.3, 0.4) is 0 Å². The number of hydrogen-bond donors (Lipinski definition) is 4. The van der Waals surface area contributed by atoms with Gasteiger partial charge in [-0.15, -0.1) is 0 Å². The van der Waals surface area contributed by atoms with Gasteiger partial charge in [-0.2, -0.15) is 0 Å². The zero-order valence-corrected chi connectivity index (χ0v) is 10.1. The number of urea groups is 1. The summed E-state index contributed by atoms with van der Waals surface area (Å²) >= 11 is 0. The number of aryl methyl sites for hydroxylation is 1. The number of pyridine rings is 1. The molecular weight excluding hydrogens is 236 g/mol. The summed E-state index contributed by atoms with van der Waals surface area (Å²) in [7, 11) is 0. The summed E-state index contributed by atoms with van der Waals surface area (Å²) in [6.07, 6.45) is 5.30. The van der Waals surface area contributed by atoms with Crippen molar-refractivity contribution in [1.29, 1.82) is 0 Å². The van der Waals surface area contributed by atoms with E-state index in [0.717, 1.165) is 12.8 Å². The van der Waals surface area contributed by atoms with Crippen LogP contribution in [0.4, 0.5) is 4.79 Å². The van der Waals surface area contributed by atoms with Gasteiger partial charge < -0.3 is 10.7 Å². The zero-order valence-electron chi connectivity index (χ0n) is 10.1. The first-order valence-corrected chi connectivity index (χ1v) is 5.62. The van der Waals surface area contributed by atoms with Crippen LogP contribution in [0, 0.1) is 0 Å². The molecule has 7 nitrogen and oxygen atoms in total. The van der Waals surface area contributed by atoms with E-state index >= 15 is 0 Å². The molecule has 0 aliphatic carbocycles. The average Bonchev–Trinajstić information content (AvgIpc) is 2.34. The molecule has 3 amide bonds. The summed E-state index contributed by atoms with van der Waals surface area (Å²) in [6, 6.07) is -0.901. The molecule has 0 aromatic carbocycles. The van der Waals surface area contributed by atoms with Crippen molar-refractivity contribution >= 4 is 11.9 Å². The first-order chi connectivity index (χ1) is 8.56. The fourth-order valence-corrected chi connectivity index (χ4v) is 1.44. The quantitative estimate of drug-likeness (QED) is 0.566. The molecule has 0 spiro atoms. The summed E-state index contributed by atoms with van der Waals surface area (Å²) < 4.78 is 0. The Bertz CT molecular complexity index is 495. The molecule has 1 rings (SSSR count). The SMILES string of the molecule is CCCCc1c[nH]cc(C(=O)NNC(N)=O)c1=O. The molecule has 1 aromatic rings. The Morgan fingerprint density at radius 2 is 2.06 bits per heavy atom. The predicted octanol–water partition coefficient (Wildman–Crippen LogP) is 0.0306. The number of hydrazine groups is 1. The second-order valence-corrected chi connectivity index (χ2v) is 3.77. The number of nitrogens with one attached hydrogen (secondary N) is 3. The number of H-pyrrole nitrogens is 1. The Morgan fingerprint density at radius 3 is 2.67 bits per heavy atom. The molecule has 0 saturated heterocycles. The molecule has 0 radical (unpaired) electrons. The first-order valence-electron chi connectivity index (χ1n) is 5.62. The van der Waals surface area contributed by atoms with Crippen LogP contribution in [-0.2, 0) is 6.42 Å². The molecule has 0 fully saturated rings. The van der Waals surface area contributed by atoms with E-state index in [1.54, 1.807) is 6.20 Å². The van der Waals surface area contributed by atoms with E-state index in [1.807, 2.05) is 17.8 Å². The van der Waals surface area contributed by atoms with Gasteiger partial charge in [-0.05, 0) is 12.8 Å². The number of carbonyl (C=O) groups is 2. The normalized spacial score (nSPS) is 9.83. The van der Waals surface area contributed by atoms with Crippen LogP contribution >= 0.6 is 0 Å². The van der Waals surface area contributed by atoms with Crippen LogP contribution in [0.1, 0.15) is 35.7 Å². The fourth-order valence-electron chi connectivity index (χ4n) is 1.44. The molecule has 0 aliphatic rings. The monoisotopic (exact) mass is 252 g/mol. The smallest absolute Gasteiger partial charge is 0.330 e. The Kier molecular flexibility index (Phi) is 4.91. The number of unbranched alkanes of at least 4 members (excludes halogenated alkanes) is 1. The summed E-state index contributed by atoms with van der Waals surface area (Å²) in [5, 5.41) is 0. The van der Waals surface area contributed by atoms with Crippen molar-refractivity contribution < 1.29 is 9.59 Å². The van der Waals surface area contributed by atoms with Gasteiger partial charge in [0.2, 0.25) is 0 Å². The maximum Gasteiger partial charge on any atom is 0.330 e. The Labute approximate surface area is 104 Å². The number of hydrogen-bond acceptors (Lipinski definition) is 3. The standard InChI is InChI=1S/C11H16N4O3/c1-2-3-4-7-5-13-6-8(9(7)16)10(17)14-15-11(12)18/h5-6H,2-4H2,1H3,(H,13,16)(H,14,17)(H3,12,15,18). The van der Waals surface area contributed by atoms with Gasteiger partial charge >= 0.3 is 6.03 Å². The van der Waals surface area contributed by atoms with E-state index < -0.39 is 11.9 Å². The van der Waals surface area contributed by atoms with Crippen molar-refractivity contribution in [2.75, 3.05) is 0 Å². The minimum absolute atomic E-state index is 0.0580. The second kappa shape index (κ2) is 6.43. The van der Waals surface area contributed by atoms with E-state index in [9.17, 15) is 14.4 Å². The molecule has 18 heavy (non-hydrogen) atoms. The van der Waals surface area contributed by atoms with Gasteiger partial charge in [0.05, 0.1) is 0 Å². The third-order valence-electron chi connectivity index (χ3n) is 2.37. The van der Waals surface area contributed by atoms with Crippen LogP contribution in [0.5, 0.6) is 0 Å². The topological polar surface area (TPSA) is 117 Å². The van der Waals surface area contributed by atoms with E-state index in [4.69, 9.17) is 5.73 Å². The highest BCUT2D eigenvalue weighted by molar-refractivity contribution is 5.94. The van der Waals surface area contributed by atoms with Crippen LogP contribution in [0.25, 0.3) is 0 Å². The van der Waals surface area contributed by atoms with Gasteiger partial charge in [0.15, 0.2) is 5.43 Å². The molecule has 1 heterocycles. The lowest BCUT2D eigenvalue weighted by atomic mass is 10.1. The zero-order chi connectivity index (χ0) is 13.5. The van der Waals surface area contributed by atoms with Gasteiger partial charge in [-0.3, -0.25) is 15.0 Å². The van der Waals surface area contributed by atoms with Gasteiger partial charge in [-0.25, -0.2) is 10.2 Å². The summed E-state index contributed by atoms with van der Waals surface area (Å²) in [5.41, 5.74) is 8.91. The summed E-state index contributed by atoms with van der Waals surface area (Å²) in [5.74, 6) is -0.701. The number of primary amides is 1. The van der Waals surface area contributed by atoms with Crippen molar-refractivity contribution in [3.8, 4) is 0 Å². The molecule has 0 atom stereocenters. The minimum Gasteiger partial charge on any atom is -0.366 e. The van der Waals surface area contributed by atoms with Crippen LogP contribution in [-0.4, -0.2) is 16.9 Å². The maximum atomic E-state index is 11.9. The molecule has 0 unspecified atom stereocenters. The highest BCUT2D eigenvalue weighted by atomic mass is 16.2. The third-order valence-corrected chi connectivity index (χ3v) is 2.37. The van der Waals surface area contributed by atoms with Crippen LogP contribution in [0.15, 0.2) is 17.2 Å². The number of aromatic amines is 1. The molecule has 1 aromatic heterocycles. The lowest BCUT2D eigenvalue weighted by molar-refractivity contribution is 0.0936.